The van der Waals surface area contributed by atoms with E-state index in [1.54, 1.807) is 0 Å². The molecular formula is C12H16. The van der Waals surface area contributed by atoms with E-state index >= 15 is 0 Å². The van der Waals surface area contributed by atoms with Gasteiger partial charge >= 0.3 is 0 Å². The molecule has 1 aromatic carbocycles. The summed E-state index contributed by atoms with van der Waals surface area (Å²) >= 11 is 0. The van der Waals surface area contributed by atoms with Gasteiger partial charge in [0.25, 0.3) is 0 Å². The summed E-state index contributed by atoms with van der Waals surface area (Å²) in [5.74, 6) is 0. The molecule has 0 saturated carbocycles. The van der Waals surface area contributed by atoms with Gasteiger partial charge < -0.3 is 0 Å². The number of hydrogen-bond acceptors (Lipinski definition) is 0. The molecule has 0 heterocycles. The first-order valence-electron chi connectivity index (χ1n) is 3.68. The predicted molar refractivity (Wildman–Crippen MR) is 57.0 cm³/mol. The van der Waals surface area contributed by atoms with E-state index in [2.05, 4.69) is 25.3 Å². The molecule has 0 atom stereocenters. The highest BCUT2D eigenvalue weighted by Gasteiger charge is 1.92. The van der Waals surface area contributed by atoms with Crippen molar-refractivity contribution < 1.29 is 0 Å². The summed E-state index contributed by atoms with van der Waals surface area (Å²) in [6.45, 7) is 7.61. The lowest BCUT2D eigenvalue weighted by Crippen LogP contribution is -1.78. The molecule has 0 unspecified atom stereocenters. The quantitative estimate of drug-likeness (QED) is 0.588. The highest BCUT2D eigenvalue weighted by molar-refractivity contribution is 5.64. The summed E-state index contributed by atoms with van der Waals surface area (Å²) in [5.41, 5.74) is 2.33. The minimum atomic E-state index is 0. The van der Waals surface area contributed by atoms with Gasteiger partial charge in [-0.3, -0.25) is 0 Å². The van der Waals surface area contributed by atoms with Crippen LogP contribution < -0.4 is 0 Å². The van der Waals surface area contributed by atoms with E-state index in [0.29, 0.717) is 0 Å². The Morgan fingerprint density at radius 3 is 2.33 bits per heavy atom. The third-order valence-corrected chi connectivity index (χ3v) is 1.57. The Morgan fingerprint density at radius 1 is 1.25 bits per heavy atom. The summed E-state index contributed by atoms with van der Waals surface area (Å²) in [5, 5.41) is 0. The molecule has 0 aliphatic heterocycles. The standard InChI is InChI=1S/C11H12.CH4/c1-3-7-10(2)11-8-5-4-6-9-11;/h3-6,8-9H,1-2,7H2;1H4. The van der Waals surface area contributed by atoms with Crippen molar-refractivity contribution in [2.45, 2.75) is 13.8 Å². The SMILES string of the molecule is C.C=CCC(=C)c1ccccc1. The Bertz CT molecular complexity index is 244. The van der Waals surface area contributed by atoms with Gasteiger partial charge in [0.15, 0.2) is 0 Å². The van der Waals surface area contributed by atoms with Crippen LogP contribution in [0.4, 0.5) is 0 Å². The lowest BCUT2D eigenvalue weighted by Gasteiger charge is -2.00. The Morgan fingerprint density at radius 2 is 1.83 bits per heavy atom. The van der Waals surface area contributed by atoms with Gasteiger partial charge in [-0.25, -0.2) is 0 Å². The summed E-state index contributed by atoms with van der Waals surface area (Å²) < 4.78 is 0. The van der Waals surface area contributed by atoms with Crippen LogP contribution in [-0.4, -0.2) is 0 Å². The molecule has 0 heteroatoms. The topological polar surface area (TPSA) is 0 Å². The minimum absolute atomic E-state index is 0. The van der Waals surface area contributed by atoms with E-state index in [1.165, 1.54) is 5.56 Å². The molecule has 1 rings (SSSR count). The molecule has 64 valence electrons. The first-order valence-corrected chi connectivity index (χ1v) is 3.68. The van der Waals surface area contributed by atoms with Crippen LogP contribution in [0, 0.1) is 0 Å². The van der Waals surface area contributed by atoms with Crippen molar-refractivity contribution in [2.24, 2.45) is 0 Å². The van der Waals surface area contributed by atoms with E-state index in [9.17, 15) is 0 Å². The minimum Gasteiger partial charge on any atom is -0.103 e. The van der Waals surface area contributed by atoms with Crippen LogP contribution in [0.2, 0.25) is 0 Å². The van der Waals surface area contributed by atoms with Gasteiger partial charge in [0.2, 0.25) is 0 Å². The van der Waals surface area contributed by atoms with Gasteiger partial charge in [-0.1, -0.05) is 50.4 Å². The van der Waals surface area contributed by atoms with E-state index in [4.69, 9.17) is 0 Å². The second-order valence-electron chi connectivity index (χ2n) is 2.46. The van der Waals surface area contributed by atoms with E-state index in [1.807, 2.05) is 24.3 Å². The molecule has 0 bridgehead atoms. The zero-order valence-corrected chi connectivity index (χ0v) is 6.59. The van der Waals surface area contributed by atoms with Crippen LogP contribution in [0.15, 0.2) is 49.6 Å². The predicted octanol–water partition coefficient (Wildman–Crippen LogP) is 3.91. The zero-order chi connectivity index (χ0) is 8.10. The molecule has 0 saturated heterocycles. The number of hydrogen-bond donors (Lipinski definition) is 0. The lowest BCUT2D eigenvalue weighted by molar-refractivity contribution is 1.41. The first kappa shape index (κ1) is 10.7. The third-order valence-electron chi connectivity index (χ3n) is 1.57. The molecule has 0 spiro atoms. The highest BCUT2D eigenvalue weighted by atomic mass is 14.0. The maximum atomic E-state index is 3.94. The summed E-state index contributed by atoms with van der Waals surface area (Å²) in [6.07, 6.45) is 2.74. The molecule has 0 radical (unpaired) electrons. The van der Waals surface area contributed by atoms with Crippen molar-refractivity contribution in [3.8, 4) is 0 Å². The molecule has 0 aliphatic rings. The fourth-order valence-corrected chi connectivity index (χ4v) is 0.966. The number of allylic oxidation sites excluding steroid dienone is 2. The highest BCUT2D eigenvalue weighted by Crippen LogP contribution is 2.14. The molecule has 0 nitrogen and oxygen atoms in total. The summed E-state index contributed by atoms with van der Waals surface area (Å²) in [4.78, 5) is 0. The average molecular weight is 160 g/mol. The molecule has 0 fully saturated rings. The van der Waals surface area contributed by atoms with Crippen LogP contribution in [0.5, 0.6) is 0 Å². The van der Waals surface area contributed by atoms with Gasteiger partial charge in [0.1, 0.15) is 0 Å². The summed E-state index contributed by atoms with van der Waals surface area (Å²) in [6, 6.07) is 10.2. The van der Waals surface area contributed by atoms with Crippen molar-refractivity contribution in [2.75, 3.05) is 0 Å². The Labute approximate surface area is 75.2 Å². The normalized spacial score (nSPS) is 8.33. The molecule has 0 N–H and O–H groups in total. The fourth-order valence-electron chi connectivity index (χ4n) is 0.966. The van der Waals surface area contributed by atoms with Crippen LogP contribution in [-0.2, 0) is 0 Å². The largest absolute Gasteiger partial charge is 0.103 e. The second-order valence-corrected chi connectivity index (χ2v) is 2.46. The van der Waals surface area contributed by atoms with Crippen molar-refractivity contribution in [1.29, 1.82) is 0 Å². The molecular weight excluding hydrogens is 144 g/mol. The lowest BCUT2D eigenvalue weighted by atomic mass is 10.1. The van der Waals surface area contributed by atoms with Gasteiger partial charge in [-0.2, -0.15) is 0 Å². The maximum absolute atomic E-state index is 3.94. The molecule has 0 aliphatic carbocycles. The van der Waals surface area contributed by atoms with Gasteiger partial charge in [-0.15, -0.1) is 6.58 Å². The van der Waals surface area contributed by atoms with Crippen LogP contribution in [0.3, 0.4) is 0 Å². The van der Waals surface area contributed by atoms with E-state index in [0.717, 1.165) is 12.0 Å². The van der Waals surface area contributed by atoms with E-state index < -0.39 is 0 Å². The molecule has 1 aromatic rings. The third kappa shape index (κ3) is 2.75. The van der Waals surface area contributed by atoms with Gasteiger partial charge in [0, 0.05) is 0 Å². The Kier molecular flexibility index (Phi) is 4.78. The van der Waals surface area contributed by atoms with Gasteiger partial charge in [-0.05, 0) is 17.6 Å². The first-order chi connectivity index (χ1) is 5.34. The van der Waals surface area contributed by atoms with Crippen LogP contribution in [0.1, 0.15) is 19.4 Å². The monoisotopic (exact) mass is 160 g/mol. The van der Waals surface area contributed by atoms with Crippen LogP contribution in [0.25, 0.3) is 5.57 Å². The fraction of sp³-hybridized carbons (Fsp3) is 0.167. The number of benzene rings is 1. The van der Waals surface area contributed by atoms with Crippen molar-refractivity contribution >= 4 is 5.57 Å². The second kappa shape index (κ2) is 5.36. The Hall–Kier alpha value is -1.30. The Balaban J connectivity index is 0.00000121. The van der Waals surface area contributed by atoms with Crippen molar-refractivity contribution in [1.82, 2.24) is 0 Å². The van der Waals surface area contributed by atoms with E-state index in [-0.39, 0.29) is 7.43 Å². The zero-order valence-electron chi connectivity index (χ0n) is 6.59. The van der Waals surface area contributed by atoms with Crippen molar-refractivity contribution in [3.05, 3.63) is 55.1 Å². The number of rotatable bonds is 3. The molecule has 0 aromatic heterocycles. The summed E-state index contributed by atoms with van der Waals surface area (Å²) in [7, 11) is 0. The molecule has 12 heavy (non-hydrogen) atoms. The molecule has 0 amide bonds. The van der Waals surface area contributed by atoms with Gasteiger partial charge in [0.05, 0.1) is 0 Å². The maximum Gasteiger partial charge on any atom is -0.0100 e. The average Bonchev–Trinajstić information content (AvgIpc) is 2.07. The van der Waals surface area contributed by atoms with Crippen LogP contribution >= 0.6 is 0 Å². The van der Waals surface area contributed by atoms with Crippen molar-refractivity contribution in [3.63, 3.8) is 0 Å². The smallest absolute Gasteiger partial charge is 0.0100 e.